The molecule has 1 unspecified atom stereocenters. The standard InChI is InChI=1S/C22H35N5O/c1-3-23-21(27-12-8-22(16-27)9-13-28-17-22)25-15-19-4-5-20(24-14-19)26-10-6-18(2)7-11-26/h4-5,14,18H,3,6-13,15-17H2,1-2H3,(H,23,25). The van der Waals surface area contributed by atoms with Crippen molar-refractivity contribution >= 4 is 11.8 Å². The highest BCUT2D eigenvalue weighted by Gasteiger charge is 2.42. The molecule has 0 amide bonds. The Bertz CT molecular complexity index is 660. The summed E-state index contributed by atoms with van der Waals surface area (Å²) in [5.41, 5.74) is 1.52. The van der Waals surface area contributed by atoms with Crippen molar-refractivity contribution in [3.8, 4) is 0 Å². The summed E-state index contributed by atoms with van der Waals surface area (Å²) in [6.45, 7) is 12.2. The van der Waals surface area contributed by atoms with Gasteiger partial charge in [-0.05, 0) is 50.2 Å². The van der Waals surface area contributed by atoms with E-state index in [1.807, 2.05) is 6.20 Å². The SMILES string of the molecule is CCNC(=NCc1ccc(N2CCC(C)CC2)nc1)N1CCC2(CCOC2)C1. The van der Waals surface area contributed by atoms with Crippen molar-refractivity contribution in [3.63, 3.8) is 0 Å². The first-order valence-corrected chi connectivity index (χ1v) is 11.0. The van der Waals surface area contributed by atoms with Gasteiger partial charge in [0, 0.05) is 50.9 Å². The van der Waals surface area contributed by atoms with Crippen LogP contribution >= 0.6 is 0 Å². The molecule has 3 aliphatic heterocycles. The van der Waals surface area contributed by atoms with Gasteiger partial charge in [0.15, 0.2) is 5.96 Å². The zero-order chi connectivity index (χ0) is 19.4. The molecule has 1 aromatic rings. The number of anilines is 1. The highest BCUT2D eigenvalue weighted by atomic mass is 16.5. The number of ether oxygens (including phenoxy) is 1. The summed E-state index contributed by atoms with van der Waals surface area (Å²) in [7, 11) is 0. The molecule has 0 aliphatic carbocycles. The molecule has 1 spiro atoms. The molecular formula is C22H35N5O. The van der Waals surface area contributed by atoms with Crippen LogP contribution in [0.2, 0.25) is 0 Å². The molecular weight excluding hydrogens is 350 g/mol. The molecule has 1 aromatic heterocycles. The van der Waals surface area contributed by atoms with Crippen LogP contribution in [0.3, 0.4) is 0 Å². The summed E-state index contributed by atoms with van der Waals surface area (Å²) >= 11 is 0. The van der Waals surface area contributed by atoms with E-state index in [1.54, 1.807) is 0 Å². The minimum atomic E-state index is 0.353. The second kappa shape index (κ2) is 8.68. The number of rotatable bonds is 4. The van der Waals surface area contributed by atoms with E-state index in [9.17, 15) is 0 Å². The predicted molar refractivity (Wildman–Crippen MR) is 114 cm³/mol. The van der Waals surface area contributed by atoms with Crippen molar-refractivity contribution in [2.75, 3.05) is 50.8 Å². The maximum absolute atomic E-state index is 5.67. The van der Waals surface area contributed by atoms with E-state index in [0.717, 1.165) is 63.6 Å². The van der Waals surface area contributed by atoms with E-state index >= 15 is 0 Å². The minimum absolute atomic E-state index is 0.353. The first-order chi connectivity index (χ1) is 13.7. The lowest BCUT2D eigenvalue weighted by atomic mass is 9.87. The Hall–Kier alpha value is -1.82. The van der Waals surface area contributed by atoms with E-state index in [4.69, 9.17) is 14.7 Å². The molecule has 0 saturated carbocycles. The maximum atomic E-state index is 5.67. The smallest absolute Gasteiger partial charge is 0.194 e. The normalized spacial score (nSPS) is 26.4. The third-order valence-electron chi connectivity index (χ3n) is 6.59. The van der Waals surface area contributed by atoms with Gasteiger partial charge in [0.1, 0.15) is 5.82 Å². The number of nitrogens with one attached hydrogen (secondary N) is 1. The summed E-state index contributed by atoms with van der Waals surface area (Å²) in [4.78, 5) is 14.4. The molecule has 3 fully saturated rings. The van der Waals surface area contributed by atoms with Crippen molar-refractivity contribution in [2.24, 2.45) is 16.3 Å². The van der Waals surface area contributed by atoms with Crippen LogP contribution in [0.15, 0.2) is 23.3 Å². The number of hydrogen-bond donors (Lipinski definition) is 1. The van der Waals surface area contributed by atoms with E-state index in [2.05, 4.69) is 41.1 Å². The topological polar surface area (TPSA) is 53.0 Å². The number of pyridine rings is 1. The van der Waals surface area contributed by atoms with Gasteiger partial charge in [-0.2, -0.15) is 0 Å². The summed E-state index contributed by atoms with van der Waals surface area (Å²) in [5.74, 6) is 2.98. The molecule has 1 atom stereocenters. The van der Waals surface area contributed by atoms with Crippen LogP contribution in [0.5, 0.6) is 0 Å². The molecule has 6 heteroatoms. The Labute approximate surface area is 169 Å². The summed E-state index contributed by atoms with van der Waals surface area (Å²) in [5, 5.41) is 3.47. The van der Waals surface area contributed by atoms with Gasteiger partial charge < -0.3 is 19.9 Å². The maximum Gasteiger partial charge on any atom is 0.194 e. The van der Waals surface area contributed by atoms with Crippen molar-refractivity contribution in [2.45, 2.75) is 46.1 Å². The number of piperidine rings is 1. The first kappa shape index (κ1) is 19.5. The number of aromatic nitrogens is 1. The van der Waals surface area contributed by atoms with Crippen LogP contribution in [0.25, 0.3) is 0 Å². The molecule has 4 heterocycles. The molecule has 6 nitrogen and oxygen atoms in total. The Kier molecular flexibility index (Phi) is 6.04. The van der Waals surface area contributed by atoms with Gasteiger partial charge in [0.05, 0.1) is 13.2 Å². The summed E-state index contributed by atoms with van der Waals surface area (Å²) < 4.78 is 5.67. The van der Waals surface area contributed by atoms with E-state index < -0.39 is 0 Å². The second-order valence-corrected chi connectivity index (χ2v) is 8.84. The Balaban J connectivity index is 1.37. The van der Waals surface area contributed by atoms with Crippen LogP contribution in [-0.2, 0) is 11.3 Å². The number of nitrogens with zero attached hydrogens (tertiary/aromatic N) is 4. The van der Waals surface area contributed by atoms with Crippen molar-refractivity contribution in [1.82, 2.24) is 15.2 Å². The van der Waals surface area contributed by atoms with E-state index in [1.165, 1.54) is 31.2 Å². The van der Waals surface area contributed by atoms with Gasteiger partial charge in [-0.3, -0.25) is 0 Å². The third-order valence-corrected chi connectivity index (χ3v) is 6.59. The van der Waals surface area contributed by atoms with Gasteiger partial charge in [-0.15, -0.1) is 0 Å². The number of hydrogen-bond acceptors (Lipinski definition) is 4. The molecule has 0 radical (unpaired) electrons. The first-order valence-electron chi connectivity index (χ1n) is 11.0. The fourth-order valence-electron chi connectivity index (χ4n) is 4.61. The zero-order valence-corrected chi connectivity index (χ0v) is 17.5. The molecule has 154 valence electrons. The molecule has 0 aromatic carbocycles. The minimum Gasteiger partial charge on any atom is -0.381 e. The third kappa shape index (κ3) is 4.43. The molecule has 3 aliphatic rings. The predicted octanol–water partition coefficient (Wildman–Crippen LogP) is 2.90. The lowest BCUT2D eigenvalue weighted by molar-refractivity contribution is 0.156. The molecule has 3 saturated heterocycles. The highest BCUT2D eigenvalue weighted by Crippen LogP contribution is 2.38. The molecule has 0 bridgehead atoms. The monoisotopic (exact) mass is 385 g/mol. The summed E-state index contributed by atoms with van der Waals surface area (Å²) in [6, 6.07) is 4.35. The fourth-order valence-corrected chi connectivity index (χ4v) is 4.61. The Morgan fingerprint density at radius 1 is 1.29 bits per heavy atom. The molecule has 4 rings (SSSR count). The average Bonchev–Trinajstić information content (AvgIpc) is 3.36. The summed E-state index contributed by atoms with van der Waals surface area (Å²) in [6.07, 6.45) is 6.92. The number of likely N-dealkylation sites (tertiary alicyclic amines) is 1. The van der Waals surface area contributed by atoms with Crippen LogP contribution in [0.4, 0.5) is 5.82 Å². The molecule has 1 N–H and O–H groups in total. The largest absolute Gasteiger partial charge is 0.381 e. The Morgan fingerprint density at radius 2 is 2.14 bits per heavy atom. The van der Waals surface area contributed by atoms with E-state index in [-0.39, 0.29) is 0 Å². The van der Waals surface area contributed by atoms with Gasteiger partial charge >= 0.3 is 0 Å². The van der Waals surface area contributed by atoms with Crippen molar-refractivity contribution in [3.05, 3.63) is 23.9 Å². The number of guanidine groups is 1. The number of aliphatic imine (C=N–C) groups is 1. The van der Waals surface area contributed by atoms with Crippen molar-refractivity contribution < 1.29 is 4.74 Å². The van der Waals surface area contributed by atoms with Gasteiger partial charge in [-0.25, -0.2) is 9.98 Å². The Morgan fingerprint density at radius 3 is 2.82 bits per heavy atom. The lowest BCUT2D eigenvalue weighted by Crippen LogP contribution is -2.41. The molecule has 28 heavy (non-hydrogen) atoms. The van der Waals surface area contributed by atoms with Gasteiger partial charge in [0.25, 0.3) is 0 Å². The van der Waals surface area contributed by atoms with Crippen LogP contribution < -0.4 is 10.2 Å². The second-order valence-electron chi connectivity index (χ2n) is 8.84. The van der Waals surface area contributed by atoms with Crippen LogP contribution in [0, 0.1) is 11.3 Å². The van der Waals surface area contributed by atoms with Crippen LogP contribution in [-0.4, -0.2) is 61.8 Å². The highest BCUT2D eigenvalue weighted by molar-refractivity contribution is 5.80. The average molecular weight is 386 g/mol. The lowest BCUT2D eigenvalue weighted by Gasteiger charge is -2.31. The van der Waals surface area contributed by atoms with Gasteiger partial charge in [-0.1, -0.05) is 13.0 Å². The van der Waals surface area contributed by atoms with Crippen molar-refractivity contribution in [1.29, 1.82) is 0 Å². The zero-order valence-electron chi connectivity index (χ0n) is 17.5. The fraction of sp³-hybridized carbons (Fsp3) is 0.727. The van der Waals surface area contributed by atoms with Gasteiger partial charge in [0.2, 0.25) is 0 Å². The van der Waals surface area contributed by atoms with E-state index in [0.29, 0.717) is 12.0 Å². The van der Waals surface area contributed by atoms with Crippen LogP contribution in [0.1, 0.15) is 45.1 Å². The quantitative estimate of drug-likeness (QED) is 0.638.